The van der Waals surface area contributed by atoms with Crippen LogP contribution in [0.2, 0.25) is 0 Å². The topological polar surface area (TPSA) is 96.0 Å². The molecule has 1 aromatic carbocycles. The van der Waals surface area contributed by atoms with Crippen LogP contribution in [0.25, 0.3) is 0 Å². The predicted octanol–water partition coefficient (Wildman–Crippen LogP) is 2.23. The van der Waals surface area contributed by atoms with Gasteiger partial charge < -0.3 is 14.5 Å². The summed E-state index contributed by atoms with van der Waals surface area (Å²) in [5.74, 6) is 0.0335. The maximum absolute atomic E-state index is 13.1. The zero-order valence-electron chi connectivity index (χ0n) is 17.6. The Labute approximate surface area is 173 Å². The van der Waals surface area contributed by atoms with Crippen LogP contribution in [0.15, 0.2) is 23.1 Å². The second kappa shape index (κ2) is 10.1. The summed E-state index contributed by atoms with van der Waals surface area (Å²) in [5.41, 5.74) is 1.07. The lowest BCUT2D eigenvalue weighted by Gasteiger charge is -2.23. The summed E-state index contributed by atoms with van der Waals surface area (Å²) < 4.78 is 32.3. The predicted molar refractivity (Wildman–Crippen MR) is 110 cm³/mol. The van der Waals surface area contributed by atoms with Crippen LogP contribution in [0.1, 0.15) is 43.1 Å². The lowest BCUT2D eigenvalue weighted by molar-refractivity contribution is 0.0745. The van der Waals surface area contributed by atoms with Crippen LogP contribution < -0.4 is 4.72 Å². The minimum absolute atomic E-state index is 0.0713. The van der Waals surface area contributed by atoms with Gasteiger partial charge in [0.2, 0.25) is 10.0 Å². The fraction of sp³-hybridized carbons (Fsp3) is 0.600. The average Bonchev–Trinajstić information content (AvgIpc) is 2.92. The van der Waals surface area contributed by atoms with Gasteiger partial charge in [-0.1, -0.05) is 26.8 Å². The Hall–Kier alpha value is -2.13. The molecular weight excluding hydrogens is 394 g/mol. The Morgan fingerprint density at radius 3 is 2.45 bits per heavy atom. The molecule has 0 aromatic heterocycles. The summed E-state index contributed by atoms with van der Waals surface area (Å²) in [4.78, 5) is 28.6. The normalized spacial score (nSPS) is 15.3. The molecule has 1 saturated heterocycles. The van der Waals surface area contributed by atoms with E-state index in [-0.39, 0.29) is 29.4 Å². The molecule has 1 N–H and O–H groups in total. The Morgan fingerprint density at radius 2 is 1.79 bits per heavy atom. The molecule has 1 aliphatic heterocycles. The summed E-state index contributed by atoms with van der Waals surface area (Å²) >= 11 is 0. The average molecular weight is 426 g/mol. The zero-order valence-corrected chi connectivity index (χ0v) is 18.4. The molecule has 2 amide bonds. The first-order valence-corrected chi connectivity index (χ1v) is 11.4. The molecule has 2 rings (SSSR count). The van der Waals surface area contributed by atoms with Crippen molar-refractivity contribution < 1.29 is 22.7 Å². The summed E-state index contributed by atoms with van der Waals surface area (Å²) in [6.07, 6.45) is 0.277. The van der Waals surface area contributed by atoms with Gasteiger partial charge >= 0.3 is 6.09 Å². The van der Waals surface area contributed by atoms with Gasteiger partial charge in [0.25, 0.3) is 5.91 Å². The van der Waals surface area contributed by atoms with Gasteiger partial charge in [-0.15, -0.1) is 0 Å². The highest BCUT2D eigenvalue weighted by atomic mass is 32.2. The number of carbonyl (C=O) groups is 2. The van der Waals surface area contributed by atoms with E-state index >= 15 is 0 Å². The lowest BCUT2D eigenvalue weighted by Crippen LogP contribution is -2.38. The molecule has 162 valence electrons. The van der Waals surface area contributed by atoms with Gasteiger partial charge in [-0.25, -0.2) is 17.9 Å². The van der Waals surface area contributed by atoms with E-state index in [1.165, 1.54) is 12.1 Å². The summed E-state index contributed by atoms with van der Waals surface area (Å²) in [6, 6.07) is 4.57. The zero-order chi connectivity index (χ0) is 21.6. The highest BCUT2D eigenvalue weighted by molar-refractivity contribution is 7.89. The number of benzene rings is 1. The molecule has 0 bridgehead atoms. The number of hydrogen-bond donors (Lipinski definition) is 1. The van der Waals surface area contributed by atoms with Crippen LogP contribution in [0.4, 0.5) is 4.79 Å². The van der Waals surface area contributed by atoms with Crippen molar-refractivity contribution in [3.63, 3.8) is 0 Å². The van der Waals surface area contributed by atoms with Gasteiger partial charge in [0.05, 0.1) is 11.5 Å². The molecule has 1 heterocycles. The van der Waals surface area contributed by atoms with Gasteiger partial charge in [0.15, 0.2) is 0 Å². The van der Waals surface area contributed by atoms with Crippen LogP contribution in [0.5, 0.6) is 0 Å². The van der Waals surface area contributed by atoms with E-state index in [1.807, 2.05) is 13.8 Å². The van der Waals surface area contributed by atoms with Crippen molar-refractivity contribution >= 4 is 22.0 Å². The number of rotatable bonds is 6. The Bertz CT molecular complexity index is 839. The maximum Gasteiger partial charge on any atom is 0.409 e. The van der Waals surface area contributed by atoms with E-state index in [9.17, 15) is 18.0 Å². The van der Waals surface area contributed by atoms with Crippen molar-refractivity contribution in [3.05, 3.63) is 29.3 Å². The van der Waals surface area contributed by atoms with Crippen molar-refractivity contribution in [2.45, 2.75) is 39.0 Å². The van der Waals surface area contributed by atoms with Gasteiger partial charge in [0, 0.05) is 38.3 Å². The van der Waals surface area contributed by atoms with Crippen LogP contribution >= 0.6 is 0 Å². The third kappa shape index (κ3) is 6.17. The van der Waals surface area contributed by atoms with E-state index in [4.69, 9.17) is 4.74 Å². The number of carbonyl (C=O) groups excluding carboxylic acids is 2. The van der Waals surface area contributed by atoms with Crippen LogP contribution in [0, 0.1) is 12.8 Å². The van der Waals surface area contributed by atoms with Gasteiger partial charge in [-0.05, 0) is 37.0 Å². The minimum atomic E-state index is -3.64. The number of nitrogens with zero attached hydrogens (tertiary/aromatic N) is 2. The van der Waals surface area contributed by atoms with E-state index in [0.29, 0.717) is 50.3 Å². The van der Waals surface area contributed by atoms with Gasteiger partial charge in [0.1, 0.15) is 0 Å². The van der Waals surface area contributed by atoms with E-state index < -0.39 is 10.0 Å². The summed E-state index contributed by atoms with van der Waals surface area (Å²) in [7, 11) is -3.64. The van der Waals surface area contributed by atoms with E-state index in [2.05, 4.69) is 4.72 Å². The van der Waals surface area contributed by atoms with Gasteiger partial charge in [-0.3, -0.25) is 4.79 Å². The van der Waals surface area contributed by atoms with E-state index in [0.717, 1.165) is 0 Å². The first-order chi connectivity index (χ1) is 13.7. The third-order valence-corrected chi connectivity index (χ3v) is 6.21. The van der Waals surface area contributed by atoms with Crippen molar-refractivity contribution in [1.82, 2.24) is 14.5 Å². The molecule has 1 aromatic rings. The van der Waals surface area contributed by atoms with E-state index in [1.54, 1.807) is 29.7 Å². The van der Waals surface area contributed by atoms with Crippen LogP contribution in [-0.4, -0.2) is 69.5 Å². The molecular formula is C20H31N3O5S. The molecule has 0 spiro atoms. The number of amides is 2. The van der Waals surface area contributed by atoms with Gasteiger partial charge in [-0.2, -0.15) is 0 Å². The molecule has 8 nitrogen and oxygen atoms in total. The first-order valence-electron chi connectivity index (χ1n) is 9.97. The second-order valence-corrected chi connectivity index (χ2v) is 9.35. The molecule has 1 fully saturated rings. The molecule has 0 atom stereocenters. The van der Waals surface area contributed by atoms with Crippen molar-refractivity contribution in [2.24, 2.45) is 5.92 Å². The Morgan fingerprint density at radius 1 is 1.14 bits per heavy atom. The maximum atomic E-state index is 13.1. The second-order valence-electron chi connectivity index (χ2n) is 7.58. The lowest BCUT2D eigenvalue weighted by atomic mass is 10.1. The third-order valence-electron chi connectivity index (χ3n) is 4.67. The van der Waals surface area contributed by atoms with Crippen LogP contribution in [-0.2, 0) is 14.8 Å². The highest BCUT2D eigenvalue weighted by Gasteiger charge is 2.25. The fourth-order valence-corrected chi connectivity index (χ4v) is 4.14. The van der Waals surface area contributed by atoms with Crippen LogP contribution in [0.3, 0.4) is 0 Å². The molecule has 9 heteroatoms. The summed E-state index contributed by atoms with van der Waals surface area (Å²) in [5, 5.41) is 0. The number of aryl methyl sites for hydroxylation is 1. The minimum Gasteiger partial charge on any atom is -0.449 e. The first kappa shape index (κ1) is 23.2. The SMILES string of the molecule is CCNS(=O)(=O)c1ccc(C)c(C(=O)N2CCCN(C(=O)OCC(C)C)CC2)c1. The fourth-order valence-electron chi connectivity index (χ4n) is 3.07. The molecule has 0 unspecified atom stereocenters. The molecule has 0 aliphatic carbocycles. The van der Waals surface area contributed by atoms with Crippen molar-refractivity contribution in [3.8, 4) is 0 Å². The number of ether oxygens (including phenoxy) is 1. The monoisotopic (exact) mass is 425 g/mol. The quantitative estimate of drug-likeness (QED) is 0.754. The number of hydrogen-bond acceptors (Lipinski definition) is 5. The van der Waals surface area contributed by atoms with Crippen molar-refractivity contribution in [2.75, 3.05) is 39.3 Å². The molecule has 29 heavy (non-hydrogen) atoms. The standard InChI is InChI=1S/C20H31N3O5S/c1-5-21-29(26,27)17-8-7-16(4)18(13-17)19(24)22-9-6-10-23(12-11-22)20(25)28-14-15(2)3/h7-8,13,15,21H,5-6,9-12,14H2,1-4H3. The number of nitrogens with one attached hydrogen (secondary N) is 1. The molecule has 0 radical (unpaired) electrons. The largest absolute Gasteiger partial charge is 0.449 e. The Kier molecular flexibility index (Phi) is 8.04. The number of sulfonamides is 1. The molecule has 1 aliphatic rings. The molecule has 0 saturated carbocycles. The van der Waals surface area contributed by atoms with Crippen molar-refractivity contribution in [1.29, 1.82) is 0 Å². The smallest absolute Gasteiger partial charge is 0.409 e. The summed E-state index contributed by atoms with van der Waals surface area (Å²) in [6.45, 7) is 9.85. The Balaban J connectivity index is 2.12. The highest BCUT2D eigenvalue weighted by Crippen LogP contribution is 2.19.